The average Bonchev–Trinajstić information content (AvgIpc) is 2.98. The van der Waals surface area contributed by atoms with Crippen molar-refractivity contribution < 1.29 is 14.3 Å². The minimum Gasteiger partial charge on any atom is -0.490 e. The van der Waals surface area contributed by atoms with Crippen LogP contribution in [0.1, 0.15) is 43.5 Å². The molecule has 25 heavy (non-hydrogen) atoms. The summed E-state index contributed by atoms with van der Waals surface area (Å²) < 4.78 is 6.16. The lowest BCUT2D eigenvalue weighted by atomic mass is 10.1. The van der Waals surface area contributed by atoms with E-state index in [0.717, 1.165) is 35.5 Å². The molecule has 2 rings (SSSR count). The smallest absolute Gasteiger partial charge is 0.317 e. The molecule has 1 atom stereocenters. The fourth-order valence-electron chi connectivity index (χ4n) is 2.53. The van der Waals surface area contributed by atoms with E-state index in [-0.39, 0.29) is 11.7 Å². The molecule has 0 saturated heterocycles. The molecular weight excluding hydrogens is 338 g/mol. The minimum atomic E-state index is -0.741. The summed E-state index contributed by atoms with van der Waals surface area (Å²) in [7, 11) is 0. The van der Waals surface area contributed by atoms with Gasteiger partial charge in [-0.25, -0.2) is 4.79 Å². The van der Waals surface area contributed by atoms with Crippen LogP contribution in [0.5, 0.6) is 5.75 Å². The van der Waals surface area contributed by atoms with E-state index in [1.807, 2.05) is 24.3 Å². The second-order valence-electron chi connectivity index (χ2n) is 5.64. The molecule has 5 N–H and O–H groups in total. The summed E-state index contributed by atoms with van der Waals surface area (Å²) in [6.07, 6.45) is 3.05. The normalized spacial score (nSPS) is 11.8. The van der Waals surface area contributed by atoms with Gasteiger partial charge in [0, 0.05) is 10.4 Å². The summed E-state index contributed by atoms with van der Waals surface area (Å²) in [5.74, 6) is 0.118. The van der Waals surface area contributed by atoms with Crippen LogP contribution >= 0.6 is 11.3 Å². The van der Waals surface area contributed by atoms with Crippen molar-refractivity contribution in [2.24, 2.45) is 11.5 Å². The standard InChI is InChI=1S/C18H23N3O3S/c1-3-7-11(4-2)24-14-9-6-5-8-12(14)15-10-13(16(19)22)17(25-15)21-18(20)23/h5-6,8-11H,3-4,7H2,1-2H3,(H2,19,22)(H3,20,21,23)/t11-/m1/s1. The highest BCUT2D eigenvalue weighted by Crippen LogP contribution is 2.40. The largest absolute Gasteiger partial charge is 0.490 e. The van der Waals surface area contributed by atoms with Crippen LogP contribution in [-0.4, -0.2) is 18.0 Å². The van der Waals surface area contributed by atoms with Crippen LogP contribution < -0.4 is 21.5 Å². The van der Waals surface area contributed by atoms with E-state index in [4.69, 9.17) is 16.2 Å². The number of nitrogens with one attached hydrogen (secondary N) is 1. The van der Waals surface area contributed by atoms with E-state index in [9.17, 15) is 9.59 Å². The Hall–Kier alpha value is -2.54. The second kappa shape index (κ2) is 8.53. The molecule has 6 nitrogen and oxygen atoms in total. The van der Waals surface area contributed by atoms with Crippen molar-refractivity contribution in [1.82, 2.24) is 0 Å². The highest BCUT2D eigenvalue weighted by Gasteiger charge is 2.19. The number of urea groups is 1. The molecule has 0 aliphatic carbocycles. The third kappa shape index (κ3) is 4.73. The lowest BCUT2D eigenvalue weighted by Crippen LogP contribution is -2.21. The molecule has 3 amide bonds. The Labute approximate surface area is 151 Å². The zero-order valence-electron chi connectivity index (χ0n) is 14.4. The van der Waals surface area contributed by atoms with Crippen LogP contribution in [0.15, 0.2) is 30.3 Å². The first kappa shape index (κ1) is 18.8. The number of anilines is 1. The molecule has 7 heteroatoms. The van der Waals surface area contributed by atoms with Gasteiger partial charge in [0.1, 0.15) is 10.8 Å². The van der Waals surface area contributed by atoms with Crippen LogP contribution in [0.2, 0.25) is 0 Å². The number of carbonyl (C=O) groups excluding carboxylic acids is 2. The predicted octanol–water partition coefficient (Wildman–Crippen LogP) is 3.96. The molecule has 0 unspecified atom stereocenters. The van der Waals surface area contributed by atoms with Gasteiger partial charge in [-0.15, -0.1) is 11.3 Å². The molecule has 0 saturated carbocycles. The van der Waals surface area contributed by atoms with Gasteiger partial charge in [0.25, 0.3) is 5.91 Å². The fourth-order valence-corrected chi connectivity index (χ4v) is 3.63. The lowest BCUT2D eigenvalue weighted by molar-refractivity contribution is 0.100. The van der Waals surface area contributed by atoms with Crippen molar-refractivity contribution in [2.45, 2.75) is 39.2 Å². The van der Waals surface area contributed by atoms with Crippen molar-refractivity contribution >= 4 is 28.3 Å². The number of hydrogen-bond acceptors (Lipinski definition) is 4. The third-order valence-corrected chi connectivity index (χ3v) is 4.83. The van der Waals surface area contributed by atoms with Crippen molar-refractivity contribution in [3.8, 4) is 16.2 Å². The van der Waals surface area contributed by atoms with E-state index >= 15 is 0 Å². The Balaban J connectivity index is 2.41. The van der Waals surface area contributed by atoms with Crippen LogP contribution in [0.25, 0.3) is 10.4 Å². The van der Waals surface area contributed by atoms with Crippen molar-refractivity contribution in [1.29, 1.82) is 0 Å². The topological polar surface area (TPSA) is 107 Å². The number of benzene rings is 1. The zero-order valence-corrected chi connectivity index (χ0v) is 15.2. The van der Waals surface area contributed by atoms with E-state index in [1.54, 1.807) is 6.07 Å². The maximum atomic E-state index is 11.6. The van der Waals surface area contributed by atoms with Gasteiger partial charge in [0.2, 0.25) is 0 Å². The summed E-state index contributed by atoms with van der Waals surface area (Å²) in [5.41, 5.74) is 11.7. The summed E-state index contributed by atoms with van der Waals surface area (Å²) in [6, 6.07) is 8.53. The van der Waals surface area contributed by atoms with Crippen LogP contribution in [-0.2, 0) is 0 Å². The number of rotatable bonds is 8. The molecule has 0 aliphatic rings. The van der Waals surface area contributed by atoms with Gasteiger partial charge in [-0.3, -0.25) is 10.1 Å². The van der Waals surface area contributed by atoms with Gasteiger partial charge in [-0.2, -0.15) is 0 Å². The Morgan fingerprint density at radius 3 is 2.56 bits per heavy atom. The van der Waals surface area contributed by atoms with E-state index in [0.29, 0.717) is 5.00 Å². The summed E-state index contributed by atoms with van der Waals surface area (Å²) in [4.78, 5) is 23.6. The van der Waals surface area contributed by atoms with Gasteiger partial charge >= 0.3 is 6.03 Å². The Bertz CT molecular complexity index is 758. The number of para-hydroxylation sites is 1. The molecule has 1 aromatic carbocycles. The fraction of sp³-hybridized carbons (Fsp3) is 0.333. The molecule has 134 valence electrons. The number of primary amides is 2. The summed E-state index contributed by atoms with van der Waals surface area (Å²) in [5, 5.41) is 2.79. The van der Waals surface area contributed by atoms with Gasteiger partial charge < -0.3 is 16.2 Å². The molecule has 0 aliphatic heterocycles. The second-order valence-corrected chi connectivity index (χ2v) is 6.69. The average molecular weight is 361 g/mol. The molecule has 2 aromatic rings. The number of ether oxygens (including phenoxy) is 1. The van der Waals surface area contributed by atoms with Crippen molar-refractivity contribution in [3.63, 3.8) is 0 Å². The number of nitrogens with two attached hydrogens (primary N) is 2. The van der Waals surface area contributed by atoms with Gasteiger partial charge in [-0.05, 0) is 31.0 Å². The van der Waals surface area contributed by atoms with Crippen molar-refractivity contribution in [2.75, 3.05) is 5.32 Å². The third-order valence-electron chi connectivity index (χ3n) is 3.75. The quantitative estimate of drug-likeness (QED) is 0.662. The maximum absolute atomic E-state index is 11.6. The predicted molar refractivity (Wildman–Crippen MR) is 101 cm³/mol. The van der Waals surface area contributed by atoms with Gasteiger partial charge in [0.05, 0.1) is 11.7 Å². The minimum absolute atomic E-state index is 0.130. The highest BCUT2D eigenvalue weighted by atomic mass is 32.1. The van der Waals surface area contributed by atoms with Crippen LogP contribution in [0.4, 0.5) is 9.80 Å². The Kier molecular flexibility index (Phi) is 6.41. The highest BCUT2D eigenvalue weighted by molar-refractivity contribution is 7.20. The molecular formula is C18H23N3O3S. The molecule has 1 heterocycles. The van der Waals surface area contributed by atoms with E-state index < -0.39 is 11.9 Å². The molecule has 0 radical (unpaired) electrons. The van der Waals surface area contributed by atoms with Gasteiger partial charge in [0.15, 0.2) is 0 Å². The summed E-state index contributed by atoms with van der Waals surface area (Å²) >= 11 is 1.24. The lowest BCUT2D eigenvalue weighted by Gasteiger charge is -2.19. The molecule has 0 fully saturated rings. The molecule has 0 bridgehead atoms. The number of thiophene rings is 1. The van der Waals surface area contributed by atoms with Crippen LogP contribution in [0, 0.1) is 0 Å². The Morgan fingerprint density at radius 1 is 1.24 bits per heavy atom. The van der Waals surface area contributed by atoms with Crippen LogP contribution in [0.3, 0.4) is 0 Å². The number of carbonyl (C=O) groups is 2. The monoisotopic (exact) mass is 361 g/mol. The van der Waals surface area contributed by atoms with E-state index in [1.165, 1.54) is 11.3 Å². The summed E-state index contributed by atoms with van der Waals surface area (Å²) in [6.45, 7) is 4.21. The van der Waals surface area contributed by atoms with Crippen molar-refractivity contribution in [3.05, 3.63) is 35.9 Å². The van der Waals surface area contributed by atoms with Gasteiger partial charge in [-0.1, -0.05) is 32.4 Å². The maximum Gasteiger partial charge on any atom is 0.317 e. The van der Waals surface area contributed by atoms with E-state index in [2.05, 4.69) is 19.2 Å². The molecule has 1 aromatic heterocycles. The number of amides is 3. The SMILES string of the molecule is CCC[C@@H](CC)Oc1ccccc1-c1cc(C(N)=O)c(NC(N)=O)s1. The Morgan fingerprint density at radius 2 is 1.96 bits per heavy atom. The molecule has 0 spiro atoms. The zero-order chi connectivity index (χ0) is 18.4. The number of hydrogen-bond donors (Lipinski definition) is 3. The first-order chi connectivity index (χ1) is 12.0. The first-order valence-corrected chi connectivity index (χ1v) is 9.04. The first-order valence-electron chi connectivity index (χ1n) is 8.22.